The smallest absolute Gasteiger partial charge is 0.367 e. The summed E-state index contributed by atoms with van der Waals surface area (Å²) in [5, 5.41) is -0.00836. The number of hydrogen-bond acceptors (Lipinski definition) is 5. The van der Waals surface area contributed by atoms with Crippen LogP contribution >= 0.6 is 7.60 Å². The molecule has 0 spiro atoms. The maximum atomic E-state index is 12.5. The van der Waals surface area contributed by atoms with Gasteiger partial charge in [-0.25, -0.2) is 0 Å². The molecule has 0 aromatic heterocycles. The molecule has 0 fully saturated rings. The quantitative estimate of drug-likeness (QED) is 0.491. The van der Waals surface area contributed by atoms with Crippen LogP contribution in [0.5, 0.6) is 0 Å². The summed E-state index contributed by atoms with van der Waals surface area (Å²) in [6, 6.07) is 9.41. The van der Waals surface area contributed by atoms with Gasteiger partial charge in [-0.3, -0.25) is 4.57 Å². The molecule has 7 heteroatoms. The van der Waals surface area contributed by atoms with E-state index in [2.05, 4.69) is 0 Å². The van der Waals surface area contributed by atoms with Crippen LogP contribution in [-0.4, -0.2) is 29.4 Å². The van der Waals surface area contributed by atoms with Crippen molar-refractivity contribution in [2.24, 2.45) is 0 Å². The topological polar surface area (TPSA) is 67.8 Å². The van der Waals surface area contributed by atoms with Crippen LogP contribution in [0.2, 0.25) is 0 Å². The molecule has 0 bridgehead atoms. The Labute approximate surface area is 140 Å². The molecule has 0 amide bonds. The highest BCUT2D eigenvalue weighted by atomic mass is 32.2. The van der Waals surface area contributed by atoms with Gasteiger partial charge in [-0.1, -0.05) is 18.2 Å². The maximum Gasteiger partial charge on any atom is 0.367 e. The van der Waals surface area contributed by atoms with Gasteiger partial charge >= 0.3 is 7.60 Å². The molecule has 23 heavy (non-hydrogen) atoms. The minimum atomic E-state index is -3.21. The van der Waals surface area contributed by atoms with Gasteiger partial charge in [0.2, 0.25) is 0 Å². The lowest BCUT2D eigenvalue weighted by atomic mass is 10.3. The molecule has 2 unspecified atom stereocenters. The fourth-order valence-electron chi connectivity index (χ4n) is 2.35. The van der Waals surface area contributed by atoms with E-state index in [4.69, 9.17) is 13.8 Å². The molecule has 1 aliphatic rings. The van der Waals surface area contributed by atoms with E-state index in [-0.39, 0.29) is 11.6 Å². The third-order valence-electron chi connectivity index (χ3n) is 3.38. The minimum Gasteiger partial charge on any atom is -0.611 e. The zero-order valence-electron chi connectivity index (χ0n) is 13.5. The first kappa shape index (κ1) is 18.6. The normalized spacial score (nSPS) is 19.4. The van der Waals surface area contributed by atoms with Gasteiger partial charge in [-0.15, -0.1) is 0 Å². The van der Waals surface area contributed by atoms with Crippen molar-refractivity contribution in [1.29, 1.82) is 0 Å². The average molecular weight is 358 g/mol. The third kappa shape index (κ3) is 5.37. The van der Waals surface area contributed by atoms with Crippen molar-refractivity contribution in [3.8, 4) is 0 Å². The zero-order valence-corrected chi connectivity index (χ0v) is 15.2. The first-order chi connectivity index (χ1) is 11.1. The standard InChI is InChI=1S/C16H23O5PS/c1-3-20-22(17,21-4-2)13-19-14-10-11-16(12-14)23(18)15-8-6-5-7-9-15/h5-10,16H,3-4,11-13H2,1-2H3. The van der Waals surface area contributed by atoms with Crippen molar-refractivity contribution in [2.45, 2.75) is 36.8 Å². The maximum absolute atomic E-state index is 12.5. The van der Waals surface area contributed by atoms with Crippen LogP contribution in [0.4, 0.5) is 0 Å². The zero-order chi connectivity index (χ0) is 16.7. The number of ether oxygens (including phenoxy) is 1. The molecule has 2 rings (SSSR count). The summed E-state index contributed by atoms with van der Waals surface area (Å²) in [5.41, 5.74) is 0. The van der Waals surface area contributed by atoms with Crippen molar-refractivity contribution < 1.29 is 22.9 Å². The predicted molar refractivity (Wildman–Crippen MR) is 90.8 cm³/mol. The summed E-state index contributed by atoms with van der Waals surface area (Å²) < 4.78 is 40.9. The van der Waals surface area contributed by atoms with E-state index < -0.39 is 18.8 Å². The summed E-state index contributed by atoms with van der Waals surface area (Å²) in [6.45, 7) is 4.14. The van der Waals surface area contributed by atoms with Gasteiger partial charge in [-0.2, -0.15) is 0 Å². The van der Waals surface area contributed by atoms with Crippen LogP contribution in [0.1, 0.15) is 26.7 Å². The number of hydrogen-bond donors (Lipinski definition) is 0. The number of benzene rings is 1. The monoisotopic (exact) mass is 358 g/mol. The lowest BCUT2D eigenvalue weighted by Gasteiger charge is -2.19. The molecule has 5 nitrogen and oxygen atoms in total. The van der Waals surface area contributed by atoms with Crippen molar-refractivity contribution in [3.05, 3.63) is 42.2 Å². The minimum absolute atomic E-state index is 0.00836. The Hall–Kier alpha value is -0.780. The molecule has 0 N–H and O–H groups in total. The van der Waals surface area contributed by atoms with Crippen molar-refractivity contribution in [3.63, 3.8) is 0 Å². The lowest BCUT2D eigenvalue weighted by Crippen LogP contribution is -2.19. The van der Waals surface area contributed by atoms with Crippen molar-refractivity contribution >= 4 is 18.8 Å². The summed E-state index contributed by atoms with van der Waals surface area (Å²) in [6.07, 6.45) is 3.06. The molecule has 0 heterocycles. The Balaban J connectivity index is 1.86. The van der Waals surface area contributed by atoms with Crippen LogP contribution < -0.4 is 0 Å². The molecular weight excluding hydrogens is 335 g/mol. The fraction of sp³-hybridized carbons (Fsp3) is 0.500. The van der Waals surface area contributed by atoms with Gasteiger partial charge in [0.1, 0.15) is 5.25 Å². The predicted octanol–water partition coefficient (Wildman–Crippen LogP) is 4.08. The van der Waals surface area contributed by atoms with Gasteiger partial charge < -0.3 is 18.3 Å². The Morgan fingerprint density at radius 1 is 1.22 bits per heavy atom. The summed E-state index contributed by atoms with van der Waals surface area (Å²) in [4.78, 5) is 0.821. The summed E-state index contributed by atoms with van der Waals surface area (Å²) >= 11 is -1.07. The molecule has 0 saturated carbocycles. The van der Waals surface area contributed by atoms with E-state index >= 15 is 0 Å². The summed E-state index contributed by atoms with van der Waals surface area (Å²) in [5.74, 6) is 0.707. The highest BCUT2D eigenvalue weighted by Crippen LogP contribution is 2.48. The second-order valence-corrected chi connectivity index (χ2v) is 8.79. The van der Waals surface area contributed by atoms with Gasteiger partial charge in [0, 0.05) is 6.42 Å². The Bertz CT molecular complexity index is 553. The van der Waals surface area contributed by atoms with E-state index in [0.717, 1.165) is 4.90 Å². The molecule has 0 aliphatic heterocycles. The first-order valence-electron chi connectivity index (χ1n) is 7.73. The Morgan fingerprint density at radius 3 is 2.48 bits per heavy atom. The Morgan fingerprint density at radius 2 is 1.87 bits per heavy atom. The second kappa shape index (κ2) is 8.90. The van der Waals surface area contributed by atoms with Gasteiger partial charge in [0.05, 0.1) is 25.4 Å². The largest absolute Gasteiger partial charge is 0.611 e. The molecule has 1 aromatic carbocycles. The highest BCUT2D eigenvalue weighted by Gasteiger charge is 2.32. The SMILES string of the molecule is CCOP(=O)(COC1=CCC([S+]([O-])c2ccccc2)C1)OCC. The molecule has 2 atom stereocenters. The van der Waals surface area contributed by atoms with Crippen LogP contribution in [0.25, 0.3) is 0 Å². The Kier molecular flexibility index (Phi) is 7.18. The molecule has 0 saturated heterocycles. The van der Waals surface area contributed by atoms with Crippen LogP contribution in [0.15, 0.2) is 47.1 Å². The van der Waals surface area contributed by atoms with Gasteiger partial charge in [0.25, 0.3) is 0 Å². The lowest BCUT2D eigenvalue weighted by molar-refractivity contribution is 0.170. The number of allylic oxidation sites excluding steroid dienone is 2. The van der Waals surface area contributed by atoms with Gasteiger partial charge in [-0.05, 0) is 43.2 Å². The van der Waals surface area contributed by atoms with Gasteiger partial charge in [0.15, 0.2) is 11.2 Å². The van der Waals surface area contributed by atoms with Crippen LogP contribution in [0.3, 0.4) is 0 Å². The average Bonchev–Trinajstić information content (AvgIpc) is 3.03. The highest BCUT2D eigenvalue weighted by molar-refractivity contribution is 7.92. The van der Waals surface area contributed by atoms with E-state index in [1.54, 1.807) is 13.8 Å². The molecule has 1 aliphatic carbocycles. The van der Waals surface area contributed by atoms with Crippen molar-refractivity contribution in [1.82, 2.24) is 0 Å². The first-order valence-corrected chi connectivity index (χ1v) is 10.7. The molecule has 1 aromatic rings. The molecule has 128 valence electrons. The van der Waals surface area contributed by atoms with Crippen LogP contribution in [0, 0.1) is 0 Å². The summed E-state index contributed by atoms with van der Waals surface area (Å²) in [7, 11) is -3.21. The number of rotatable bonds is 9. The van der Waals surface area contributed by atoms with Crippen molar-refractivity contribution in [2.75, 3.05) is 19.6 Å². The third-order valence-corrected chi connectivity index (χ3v) is 6.83. The van der Waals surface area contributed by atoms with E-state index in [9.17, 15) is 9.12 Å². The van der Waals surface area contributed by atoms with E-state index in [1.165, 1.54) is 0 Å². The fourth-order valence-corrected chi connectivity index (χ4v) is 5.08. The molecule has 0 radical (unpaired) electrons. The molecular formula is C16H23O5PS. The second-order valence-electron chi connectivity index (χ2n) is 5.06. The van der Waals surface area contributed by atoms with Crippen LogP contribution in [-0.2, 0) is 29.5 Å². The van der Waals surface area contributed by atoms with E-state index in [0.29, 0.717) is 31.8 Å². The van der Waals surface area contributed by atoms with E-state index in [1.807, 2.05) is 36.4 Å².